The number of hydrogen-bond donors (Lipinski definition) is 2. The number of nitrogens with zero attached hydrogens (tertiary/aromatic N) is 2. The Balaban J connectivity index is 1.72. The molecule has 0 unspecified atom stereocenters. The Labute approximate surface area is 161 Å². The summed E-state index contributed by atoms with van der Waals surface area (Å²) in [4.78, 5) is 3.80. The molecule has 0 bridgehead atoms. The molecule has 1 aromatic heterocycles. The maximum atomic E-state index is 12.7. The highest BCUT2D eigenvalue weighted by molar-refractivity contribution is 7.89. The van der Waals surface area contributed by atoms with Crippen LogP contribution in [0.2, 0.25) is 0 Å². The van der Waals surface area contributed by atoms with Gasteiger partial charge in [-0.3, -0.25) is 0 Å². The second-order valence-corrected chi connectivity index (χ2v) is 8.34. The van der Waals surface area contributed by atoms with Crippen LogP contribution in [0.25, 0.3) is 0 Å². The number of aromatic nitrogens is 2. The Hall–Kier alpha value is -2.11. The highest BCUT2D eigenvalue weighted by Gasteiger charge is 2.31. The van der Waals surface area contributed by atoms with Crippen LogP contribution in [0.3, 0.4) is 0 Å². The third-order valence-electron chi connectivity index (χ3n) is 4.62. The van der Waals surface area contributed by atoms with Gasteiger partial charge in [-0.15, -0.1) is 0 Å². The Kier molecular flexibility index (Phi) is 5.96. The van der Waals surface area contributed by atoms with E-state index in [-0.39, 0.29) is 23.2 Å². The minimum Gasteiger partial charge on any atom is -0.489 e. The first-order chi connectivity index (χ1) is 13.2. The molecule has 0 aliphatic carbocycles. The maximum absolute atomic E-state index is 12.7. The van der Waals surface area contributed by atoms with E-state index >= 15 is 0 Å². The van der Waals surface area contributed by atoms with E-state index in [4.69, 9.17) is 4.74 Å². The monoisotopic (exact) mass is 418 g/mol. The van der Waals surface area contributed by atoms with Crippen LogP contribution in [0, 0.1) is 5.92 Å². The van der Waals surface area contributed by atoms with Gasteiger partial charge in [0.05, 0.1) is 18.1 Å². The third-order valence-corrected chi connectivity index (χ3v) is 6.11. The zero-order valence-corrected chi connectivity index (χ0v) is 15.9. The highest BCUT2D eigenvalue weighted by atomic mass is 32.2. The van der Waals surface area contributed by atoms with Gasteiger partial charge in [-0.1, -0.05) is 0 Å². The van der Waals surface area contributed by atoms with Gasteiger partial charge in [0.2, 0.25) is 0 Å². The molecule has 2 aromatic rings. The fourth-order valence-corrected chi connectivity index (χ4v) is 4.22. The van der Waals surface area contributed by atoms with E-state index in [2.05, 4.69) is 15.0 Å². The van der Waals surface area contributed by atoms with Crippen molar-refractivity contribution in [1.82, 2.24) is 19.6 Å². The number of sulfonamides is 1. The first kappa shape index (κ1) is 20.6. The Morgan fingerprint density at radius 1 is 1.36 bits per heavy atom. The normalized spacial score (nSPS) is 18.9. The molecular weight excluding hydrogens is 397 g/mol. The van der Waals surface area contributed by atoms with Crippen molar-refractivity contribution in [1.29, 1.82) is 0 Å². The number of ether oxygens (including phenoxy) is 1. The fraction of sp³-hybridized carbons (Fsp3) is 0.471. The molecule has 154 valence electrons. The molecule has 0 spiro atoms. The van der Waals surface area contributed by atoms with Gasteiger partial charge in [0.25, 0.3) is 10.0 Å². The summed E-state index contributed by atoms with van der Waals surface area (Å²) in [7, 11) is -2.22. The van der Waals surface area contributed by atoms with E-state index in [9.17, 15) is 21.6 Å². The lowest BCUT2D eigenvalue weighted by Crippen LogP contribution is -2.41. The summed E-state index contributed by atoms with van der Waals surface area (Å²) in [6, 6.07) is 4.37. The van der Waals surface area contributed by atoms with Gasteiger partial charge in [0, 0.05) is 26.1 Å². The molecule has 1 aromatic carbocycles. The van der Waals surface area contributed by atoms with Crippen molar-refractivity contribution >= 4 is 10.0 Å². The lowest BCUT2D eigenvalue weighted by Gasteiger charge is -2.25. The van der Waals surface area contributed by atoms with Crippen LogP contribution in [-0.4, -0.2) is 43.7 Å². The maximum Gasteiger partial charge on any atom is 0.416 e. The quantitative estimate of drug-likeness (QED) is 0.716. The van der Waals surface area contributed by atoms with Crippen LogP contribution >= 0.6 is 0 Å². The fourth-order valence-electron chi connectivity index (χ4n) is 3.07. The van der Waals surface area contributed by atoms with Gasteiger partial charge < -0.3 is 14.6 Å². The minimum atomic E-state index is -4.42. The van der Waals surface area contributed by atoms with E-state index in [1.165, 1.54) is 29.2 Å². The molecule has 2 N–H and O–H groups in total. The van der Waals surface area contributed by atoms with Crippen molar-refractivity contribution < 1.29 is 26.3 Å². The molecule has 0 saturated carbocycles. The van der Waals surface area contributed by atoms with Crippen LogP contribution in [-0.2, 0) is 23.2 Å². The van der Waals surface area contributed by atoms with E-state index in [0.29, 0.717) is 6.54 Å². The van der Waals surface area contributed by atoms with E-state index in [0.717, 1.165) is 25.1 Å². The summed E-state index contributed by atoms with van der Waals surface area (Å²) in [6.45, 7) is 1.39. The number of halogens is 3. The molecule has 2 atom stereocenters. The van der Waals surface area contributed by atoms with Crippen molar-refractivity contribution in [2.24, 2.45) is 13.0 Å². The highest BCUT2D eigenvalue weighted by Crippen LogP contribution is 2.31. The van der Waals surface area contributed by atoms with Crippen LogP contribution < -0.4 is 14.8 Å². The number of rotatable bonds is 7. The molecule has 0 radical (unpaired) electrons. The average molecular weight is 418 g/mol. The molecule has 1 aliphatic rings. The van der Waals surface area contributed by atoms with Gasteiger partial charge in [-0.05, 0) is 37.2 Å². The number of imidazole rings is 1. The van der Waals surface area contributed by atoms with Gasteiger partial charge in [0.1, 0.15) is 11.9 Å². The smallest absolute Gasteiger partial charge is 0.416 e. The van der Waals surface area contributed by atoms with Crippen molar-refractivity contribution in [3.63, 3.8) is 0 Å². The minimum absolute atomic E-state index is 0.0130. The van der Waals surface area contributed by atoms with Crippen molar-refractivity contribution in [3.8, 4) is 5.75 Å². The largest absolute Gasteiger partial charge is 0.489 e. The van der Waals surface area contributed by atoms with Crippen molar-refractivity contribution in [2.45, 2.75) is 23.7 Å². The molecule has 3 rings (SSSR count). The first-order valence-corrected chi connectivity index (χ1v) is 10.2. The number of benzene rings is 1. The summed E-state index contributed by atoms with van der Waals surface area (Å²) in [5.41, 5.74) is -0.768. The summed E-state index contributed by atoms with van der Waals surface area (Å²) in [5.74, 6) is 0.279. The lowest BCUT2D eigenvalue weighted by atomic mass is 10.0. The number of alkyl halides is 3. The van der Waals surface area contributed by atoms with Crippen LogP contribution in [0.1, 0.15) is 12.0 Å². The van der Waals surface area contributed by atoms with E-state index < -0.39 is 27.9 Å². The van der Waals surface area contributed by atoms with Crippen LogP contribution in [0.4, 0.5) is 13.2 Å². The second-order valence-electron chi connectivity index (χ2n) is 6.63. The predicted molar refractivity (Wildman–Crippen MR) is 95.2 cm³/mol. The molecule has 1 aliphatic heterocycles. The Morgan fingerprint density at radius 3 is 2.61 bits per heavy atom. The van der Waals surface area contributed by atoms with Crippen LogP contribution in [0.15, 0.2) is 41.8 Å². The molecule has 11 heteroatoms. The van der Waals surface area contributed by atoms with Crippen molar-refractivity contribution in [3.05, 3.63) is 42.4 Å². The zero-order valence-electron chi connectivity index (χ0n) is 15.1. The van der Waals surface area contributed by atoms with Gasteiger partial charge >= 0.3 is 6.18 Å². The molecule has 0 amide bonds. The van der Waals surface area contributed by atoms with Gasteiger partial charge in [-0.25, -0.2) is 18.1 Å². The number of aryl methyl sites for hydroxylation is 1. The summed E-state index contributed by atoms with van der Waals surface area (Å²) >= 11 is 0. The second kappa shape index (κ2) is 8.10. The molecular formula is C17H21F3N4O3S. The molecule has 1 saturated heterocycles. The summed E-state index contributed by atoms with van der Waals surface area (Å²) < 4.78 is 72.8. The zero-order chi connectivity index (χ0) is 20.4. The molecule has 28 heavy (non-hydrogen) atoms. The van der Waals surface area contributed by atoms with Crippen molar-refractivity contribution in [2.75, 3.05) is 19.6 Å². The summed E-state index contributed by atoms with van der Waals surface area (Å²) in [5, 5.41) is 3.20. The van der Waals surface area contributed by atoms with Crippen LogP contribution in [0.5, 0.6) is 5.75 Å². The SMILES string of the molecule is Cn1cncc1S(=O)(=O)NC[C@@H](Oc1ccc(C(F)(F)F)cc1)[C@H]1CCNC1. The number of nitrogens with one attached hydrogen (secondary N) is 2. The lowest BCUT2D eigenvalue weighted by molar-refractivity contribution is -0.137. The Morgan fingerprint density at radius 2 is 2.07 bits per heavy atom. The van der Waals surface area contributed by atoms with Gasteiger partial charge in [-0.2, -0.15) is 13.2 Å². The predicted octanol–water partition coefficient (Wildman–Crippen LogP) is 1.77. The van der Waals surface area contributed by atoms with E-state index in [1.807, 2.05) is 0 Å². The standard InChI is InChI=1S/C17H21F3N4O3S/c1-24-11-22-10-16(24)28(25,26)23-9-15(12-6-7-21-8-12)27-14-4-2-13(3-5-14)17(18,19)20/h2-5,10-12,15,21,23H,6-9H2,1H3/t12-,15+/m0/s1. The molecule has 7 nitrogen and oxygen atoms in total. The van der Waals surface area contributed by atoms with Gasteiger partial charge in [0.15, 0.2) is 5.03 Å². The van der Waals surface area contributed by atoms with E-state index in [1.54, 1.807) is 7.05 Å². The molecule has 1 fully saturated rings. The third kappa shape index (κ3) is 4.83. The molecule has 2 heterocycles. The summed E-state index contributed by atoms with van der Waals surface area (Å²) in [6.07, 6.45) is -1.56. The Bertz CT molecular complexity index is 891. The average Bonchev–Trinajstić information content (AvgIpc) is 3.30. The topological polar surface area (TPSA) is 85.2 Å². The number of hydrogen-bond acceptors (Lipinski definition) is 5. The first-order valence-electron chi connectivity index (χ1n) is 8.67.